The monoisotopic (exact) mass is 435 g/mol. The van der Waals surface area contributed by atoms with E-state index in [4.69, 9.17) is 0 Å². The maximum absolute atomic E-state index is 12.9. The lowest BCUT2D eigenvalue weighted by molar-refractivity contribution is -0.137. The van der Waals surface area contributed by atoms with Gasteiger partial charge in [0, 0.05) is 29.9 Å². The van der Waals surface area contributed by atoms with Crippen LogP contribution >= 0.6 is 0 Å². The van der Waals surface area contributed by atoms with Crippen LogP contribution in [0.1, 0.15) is 5.56 Å². The highest BCUT2D eigenvalue weighted by Crippen LogP contribution is 2.33. The van der Waals surface area contributed by atoms with Gasteiger partial charge in [0.15, 0.2) is 0 Å². The van der Waals surface area contributed by atoms with E-state index in [0.717, 1.165) is 18.4 Å². The molecule has 1 N–H and O–H groups in total. The van der Waals surface area contributed by atoms with Gasteiger partial charge in [0.05, 0.1) is 29.2 Å². The topological polar surface area (TPSA) is 81.8 Å². The molecule has 11 heteroatoms. The molecule has 0 spiro atoms. The van der Waals surface area contributed by atoms with Crippen molar-refractivity contribution < 1.29 is 21.6 Å². The van der Waals surface area contributed by atoms with E-state index in [2.05, 4.69) is 14.9 Å². The molecule has 0 unspecified atom stereocenters. The standard InChI is InChI=1S/C19H16F3N5O2S/c1-26-11-12(10-23-26)18-16-9-14(25-30(2,28)29)5-8-17(16)27(24-18)15-6-3-13(4-7-15)19(20,21)22/h3-11,25H,1-2H3. The van der Waals surface area contributed by atoms with Crippen molar-refractivity contribution >= 4 is 26.6 Å². The molecule has 0 atom stereocenters. The fourth-order valence-corrected chi connectivity index (χ4v) is 3.70. The average molecular weight is 435 g/mol. The third-order valence-electron chi connectivity index (χ3n) is 4.40. The van der Waals surface area contributed by atoms with Crippen LogP contribution in [-0.4, -0.2) is 34.2 Å². The maximum atomic E-state index is 12.9. The quantitative estimate of drug-likeness (QED) is 0.529. The molecule has 2 heterocycles. The molecule has 0 aliphatic heterocycles. The summed E-state index contributed by atoms with van der Waals surface area (Å²) in [5, 5.41) is 9.33. The van der Waals surface area contributed by atoms with Crippen molar-refractivity contribution in [3.63, 3.8) is 0 Å². The van der Waals surface area contributed by atoms with Gasteiger partial charge in [-0.25, -0.2) is 13.1 Å². The smallest absolute Gasteiger partial charge is 0.284 e. The van der Waals surface area contributed by atoms with Gasteiger partial charge in [-0.05, 0) is 42.5 Å². The molecule has 7 nitrogen and oxygen atoms in total. The summed E-state index contributed by atoms with van der Waals surface area (Å²) in [4.78, 5) is 0. The van der Waals surface area contributed by atoms with E-state index in [9.17, 15) is 21.6 Å². The first-order valence-electron chi connectivity index (χ1n) is 8.68. The Morgan fingerprint density at radius 1 is 1.07 bits per heavy atom. The van der Waals surface area contributed by atoms with E-state index in [1.54, 1.807) is 42.3 Å². The predicted molar refractivity (Wildman–Crippen MR) is 107 cm³/mol. The van der Waals surface area contributed by atoms with Crippen LogP contribution in [0.15, 0.2) is 54.9 Å². The highest BCUT2D eigenvalue weighted by Gasteiger charge is 2.30. The molecular formula is C19H16F3N5O2S. The zero-order valence-corrected chi connectivity index (χ0v) is 16.7. The first-order chi connectivity index (χ1) is 14.0. The normalized spacial score (nSPS) is 12.4. The molecule has 0 saturated carbocycles. The van der Waals surface area contributed by atoms with Crippen LogP contribution in [0.4, 0.5) is 18.9 Å². The maximum Gasteiger partial charge on any atom is 0.416 e. The van der Waals surface area contributed by atoms with E-state index >= 15 is 0 Å². The summed E-state index contributed by atoms with van der Waals surface area (Å²) in [6.45, 7) is 0. The van der Waals surface area contributed by atoms with Crippen LogP contribution in [-0.2, 0) is 23.2 Å². The lowest BCUT2D eigenvalue weighted by Crippen LogP contribution is -2.09. The summed E-state index contributed by atoms with van der Waals surface area (Å²) in [6, 6.07) is 9.52. The molecule has 0 saturated heterocycles. The van der Waals surface area contributed by atoms with Gasteiger partial charge in [0.2, 0.25) is 10.0 Å². The highest BCUT2D eigenvalue weighted by molar-refractivity contribution is 7.92. The second kappa shape index (κ2) is 6.87. The Morgan fingerprint density at radius 2 is 1.77 bits per heavy atom. The third kappa shape index (κ3) is 3.88. The van der Waals surface area contributed by atoms with Crippen molar-refractivity contribution in [2.75, 3.05) is 11.0 Å². The zero-order chi connectivity index (χ0) is 21.7. The molecule has 0 aliphatic carbocycles. The van der Waals surface area contributed by atoms with Crippen LogP contribution in [0.3, 0.4) is 0 Å². The SMILES string of the molecule is Cn1cc(-c2nn(-c3ccc(C(F)(F)F)cc3)c3ccc(NS(C)(=O)=O)cc23)cn1. The second-order valence-electron chi connectivity index (χ2n) is 6.81. The number of rotatable bonds is 4. The molecule has 30 heavy (non-hydrogen) atoms. The number of anilines is 1. The fourth-order valence-electron chi connectivity index (χ4n) is 3.14. The number of nitrogens with one attached hydrogen (secondary N) is 1. The third-order valence-corrected chi connectivity index (χ3v) is 5.01. The predicted octanol–water partition coefficient (Wildman–Crippen LogP) is 3.82. The van der Waals surface area contributed by atoms with Crippen molar-refractivity contribution in [2.45, 2.75) is 6.18 Å². The largest absolute Gasteiger partial charge is 0.416 e. The minimum atomic E-state index is -4.43. The van der Waals surface area contributed by atoms with Crippen LogP contribution in [0, 0.1) is 0 Å². The lowest BCUT2D eigenvalue weighted by atomic mass is 10.1. The van der Waals surface area contributed by atoms with Crippen molar-refractivity contribution in [1.82, 2.24) is 19.6 Å². The molecule has 0 aliphatic rings. The first kappa shape index (κ1) is 20.0. The van der Waals surface area contributed by atoms with E-state index in [1.165, 1.54) is 16.8 Å². The summed E-state index contributed by atoms with van der Waals surface area (Å²) >= 11 is 0. The number of alkyl halides is 3. The second-order valence-corrected chi connectivity index (χ2v) is 8.56. The van der Waals surface area contributed by atoms with Crippen LogP contribution in [0.25, 0.3) is 27.8 Å². The minimum absolute atomic E-state index is 0.349. The Morgan fingerprint density at radius 3 is 2.33 bits per heavy atom. The molecule has 2 aromatic heterocycles. The number of aryl methyl sites for hydroxylation is 1. The van der Waals surface area contributed by atoms with Crippen molar-refractivity contribution in [1.29, 1.82) is 0 Å². The molecule has 0 bridgehead atoms. The summed E-state index contributed by atoms with van der Waals surface area (Å²) in [7, 11) is -1.74. The van der Waals surface area contributed by atoms with E-state index in [-0.39, 0.29) is 0 Å². The number of hydrogen-bond acceptors (Lipinski definition) is 4. The Kier molecular flexibility index (Phi) is 4.57. The van der Waals surface area contributed by atoms with E-state index in [0.29, 0.717) is 33.5 Å². The fraction of sp³-hybridized carbons (Fsp3) is 0.158. The van der Waals surface area contributed by atoms with Crippen molar-refractivity contribution in [3.05, 3.63) is 60.4 Å². The number of fused-ring (bicyclic) bond motifs is 1. The van der Waals surface area contributed by atoms with Gasteiger partial charge in [-0.3, -0.25) is 9.40 Å². The molecule has 4 aromatic rings. The molecular weight excluding hydrogens is 419 g/mol. The van der Waals surface area contributed by atoms with Crippen molar-refractivity contribution in [3.8, 4) is 16.9 Å². The zero-order valence-electron chi connectivity index (χ0n) is 15.8. The van der Waals surface area contributed by atoms with Gasteiger partial charge in [-0.2, -0.15) is 23.4 Å². The van der Waals surface area contributed by atoms with Gasteiger partial charge in [0.1, 0.15) is 5.69 Å². The molecule has 0 amide bonds. The number of halogens is 3. The average Bonchev–Trinajstić information content (AvgIpc) is 3.23. The van der Waals surface area contributed by atoms with Gasteiger partial charge in [-0.15, -0.1) is 0 Å². The number of benzene rings is 2. The van der Waals surface area contributed by atoms with Gasteiger partial charge < -0.3 is 0 Å². The molecule has 156 valence electrons. The molecule has 0 radical (unpaired) electrons. The van der Waals surface area contributed by atoms with Crippen LogP contribution in [0.5, 0.6) is 0 Å². The summed E-state index contributed by atoms with van der Waals surface area (Å²) < 4.78 is 67.4. The summed E-state index contributed by atoms with van der Waals surface area (Å²) in [6.07, 6.45) is -0.0340. The van der Waals surface area contributed by atoms with Crippen LogP contribution in [0.2, 0.25) is 0 Å². The van der Waals surface area contributed by atoms with Gasteiger partial charge in [-0.1, -0.05) is 0 Å². The first-order valence-corrected chi connectivity index (χ1v) is 10.6. The number of nitrogens with zero attached hydrogens (tertiary/aromatic N) is 4. The summed E-state index contributed by atoms with van der Waals surface area (Å²) in [5.41, 5.74) is 1.84. The van der Waals surface area contributed by atoms with E-state index < -0.39 is 21.8 Å². The summed E-state index contributed by atoms with van der Waals surface area (Å²) in [5.74, 6) is 0. The number of aromatic nitrogens is 4. The Bertz CT molecular complexity index is 1340. The molecule has 2 aromatic carbocycles. The highest BCUT2D eigenvalue weighted by atomic mass is 32.2. The van der Waals surface area contributed by atoms with E-state index in [1.807, 2.05) is 0 Å². The molecule has 0 fully saturated rings. The minimum Gasteiger partial charge on any atom is -0.284 e. The van der Waals surface area contributed by atoms with Gasteiger partial charge >= 0.3 is 6.18 Å². The number of sulfonamides is 1. The Balaban J connectivity index is 1.90. The van der Waals surface area contributed by atoms with Crippen molar-refractivity contribution in [2.24, 2.45) is 7.05 Å². The lowest BCUT2D eigenvalue weighted by Gasteiger charge is -2.09. The number of hydrogen-bond donors (Lipinski definition) is 1. The Hall–Kier alpha value is -3.34. The van der Waals surface area contributed by atoms with Crippen LogP contribution < -0.4 is 4.72 Å². The molecule has 4 rings (SSSR count). The Labute approximate surface area is 169 Å². The van der Waals surface area contributed by atoms with Gasteiger partial charge in [0.25, 0.3) is 0 Å².